The van der Waals surface area contributed by atoms with Crippen LogP contribution in [0.4, 0.5) is 5.82 Å². The van der Waals surface area contributed by atoms with Crippen LogP contribution < -0.4 is 5.73 Å². The van der Waals surface area contributed by atoms with Gasteiger partial charge in [-0.1, -0.05) is 19.8 Å². The molecule has 0 saturated heterocycles. The summed E-state index contributed by atoms with van der Waals surface area (Å²) in [4.78, 5) is 8.98. The van der Waals surface area contributed by atoms with Gasteiger partial charge in [0.1, 0.15) is 11.6 Å². The second-order valence-corrected chi connectivity index (χ2v) is 4.86. The lowest BCUT2D eigenvalue weighted by atomic mass is 10.1. The van der Waals surface area contributed by atoms with Crippen molar-refractivity contribution < 1.29 is 0 Å². The minimum absolute atomic E-state index is 0.533. The van der Waals surface area contributed by atoms with Gasteiger partial charge in [-0.05, 0) is 35.2 Å². The van der Waals surface area contributed by atoms with Crippen molar-refractivity contribution in [2.24, 2.45) is 0 Å². The molecule has 0 aliphatic heterocycles. The van der Waals surface area contributed by atoms with Crippen molar-refractivity contribution in [2.75, 3.05) is 5.73 Å². The van der Waals surface area contributed by atoms with Crippen LogP contribution in [0.15, 0.2) is 4.47 Å². The highest BCUT2D eigenvalue weighted by Gasteiger charge is 2.21. The predicted molar refractivity (Wildman–Crippen MR) is 64.7 cm³/mol. The van der Waals surface area contributed by atoms with Gasteiger partial charge >= 0.3 is 0 Å². The predicted octanol–water partition coefficient (Wildman–Crippen LogP) is 3.04. The molecule has 0 radical (unpaired) electrons. The molecule has 1 fully saturated rings. The van der Waals surface area contributed by atoms with Gasteiger partial charge in [-0.25, -0.2) is 9.97 Å². The van der Waals surface area contributed by atoms with Gasteiger partial charge in [0.05, 0.1) is 10.2 Å². The highest BCUT2D eigenvalue weighted by Crippen LogP contribution is 2.34. The summed E-state index contributed by atoms with van der Waals surface area (Å²) in [6.07, 6.45) is 5.92. The quantitative estimate of drug-likeness (QED) is 0.898. The number of halogens is 1. The molecule has 0 atom stereocenters. The lowest BCUT2D eigenvalue weighted by molar-refractivity contribution is 0.661. The first-order chi connectivity index (χ1) is 7.22. The molecule has 0 aromatic carbocycles. The largest absolute Gasteiger partial charge is 0.383 e. The lowest BCUT2D eigenvalue weighted by Crippen LogP contribution is -2.07. The molecule has 0 spiro atoms. The van der Waals surface area contributed by atoms with Gasteiger partial charge in [0.15, 0.2) is 0 Å². The van der Waals surface area contributed by atoms with E-state index in [1.807, 2.05) is 0 Å². The van der Waals surface area contributed by atoms with Gasteiger partial charge in [-0.3, -0.25) is 0 Å². The van der Waals surface area contributed by atoms with E-state index in [1.165, 1.54) is 25.7 Å². The normalized spacial score (nSPS) is 17.2. The maximum Gasteiger partial charge on any atom is 0.141 e. The Bertz CT molecular complexity index is 359. The number of nitrogen functional groups attached to an aromatic ring is 1. The number of aromatic nitrogens is 2. The molecule has 1 aliphatic rings. The van der Waals surface area contributed by atoms with Crippen molar-refractivity contribution in [1.29, 1.82) is 0 Å². The third-order valence-electron chi connectivity index (χ3n) is 3.02. The average Bonchev–Trinajstić information content (AvgIpc) is 2.75. The summed E-state index contributed by atoms with van der Waals surface area (Å²) in [6, 6.07) is 0. The van der Waals surface area contributed by atoms with Gasteiger partial charge in [0.25, 0.3) is 0 Å². The Hall–Kier alpha value is -0.640. The molecule has 1 aromatic heterocycles. The van der Waals surface area contributed by atoms with Crippen molar-refractivity contribution in [3.63, 3.8) is 0 Å². The van der Waals surface area contributed by atoms with E-state index in [0.717, 1.165) is 22.4 Å². The molecule has 82 valence electrons. The highest BCUT2D eigenvalue weighted by molar-refractivity contribution is 9.10. The summed E-state index contributed by atoms with van der Waals surface area (Å²) < 4.78 is 0.867. The summed E-state index contributed by atoms with van der Waals surface area (Å²) in [7, 11) is 0. The summed E-state index contributed by atoms with van der Waals surface area (Å²) in [5.74, 6) is 2.07. The zero-order chi connectivity index (χ0) is 10.8. The van der Waals surface area contributed by atoms with Gasteiger partial charge < -0.3 is 5.73 Å². The van der Waals surface area contributed by atoms with E-state index in [1.54, 1.807) is 0 Å². The Labute approximate surface area is 98.6 Å². The molecule has 0 bridgehead atoms. The number of hydrogen-bond donors (Lipinski definition) is 1. The fraction of sp³-hybridized carbons (Fsp3) is 0.636. The zero-order valence-electron chi connectivity index (χ0n) is 8.96. The standard InChI is InChI=1S/C11H16BrN3/c1-2-8-9(12)10(13)15-11(14-8)7-5-3-4-6-7/h7H,2-6H2,1H3,(H2,13,14,15). The van der Waals surface area contributed by atoms with Crippen LogP contribution in [-0.2, 0) is 6.42 Å². The van der Waals surface area contributed by atoms with Crippen molar-refractivity contribution in [2.45, 2.75) is 44.9 Å². The lowest BCUT2D eigenvalue weighted by Gasteiger charge is -2.11. The molecule has 1 saturated carbocycles. The molecule has 2 N–H and O–H groups in total. The second kappa shape index (κ2) is 4.47. The Morgan fingerprint density at radius 1 is 1.33 bits per heavy atom. The van der Waals surface area contributed by atoms with Crippen LogP contribution in [0, 0.1) is 0 Å². The Balaban J connectivity index is 2.35. The number of rotatable bonds is 2. The first-order valence-electron chi connectivity index (χ1n) is 5.54. The van der Waals surface area contributed by atoms with Crippen molar-refractivity contribution >= 4 is 21.7 Å². The molecule has 0 amide bonds. The fourth-order valence-electron chi connectivity index (χ4n) is 2.13. The molecule has 1 heterocycles. The minimum Gasteiger partial charge on any atom is -0.383 e. The van der Waals surface area contributed by atoms with Gasteiger partial charge in [0.2, 0.25) is 0 Å². The molecule has 4 heteroatoms. The van der Waals surface area contributed by atoms with E-state index < -0.39 is 0 Å². The maximum atomic E-state index is 5.87. The van der Waals surface area contributed by atoms with Crippen LogP contribution in [0.3, 0.4) is 0 Å². The van der Waals surface area contributed by atoms with Crippen LogP contribution in [0.2, 0.25) is 0 Å². The van der Waals surface area contributed by atoms with Gasteiger partial charge in [0, 0.05) is 5.92 Å². The molecule has 2 rings (SSSR count). The van der Waals surface area contributed by atoms with Crippen molar-refractivity contribution in [1.82, 2.24) is 9.97 Å². The van der Waals surface area contributed by atoms with Crippen LogP contribution in [0.5, 0.6) is 0 Å². The summed E-state index contributed by atoms with van der Waals surface area (Å²) >= 11 is 3.43. The molecule has 3 nitrogen and oxygen atoms in total. The SMILES string of the molecule is CCc1nc(C2CCCC2)nc(N)c1Br. The van der Waals surface area contributed by atoms with E-state index in [2.05, 4.69) is 32.8 Å². The highest BCUT2D eigenvalue weighted by atomic mass is 79.9. The monoisotopic (exact) mass is 269 g/mol. The van der Waals surface area contributed by atoms with Crippen LogP contribution in [0.25, 0.3) is 0 Å². The number of anilines is 1. The molecule has 0 unspecified atom stereocenters. The molecular formula is C11H16BrN3. The third-order valence-corrected chi connectivity index (χ3v) is 3.88. The van der Waals surface area contributed by atoms with Crippen LogP contribution in [0.1, 0.15) is 50.0 Å². The van der Waals surface area contributed by atoms with E-state index in [4.69, 9.17) is 5.73 Å². The third kappa shape index (κ3) is 2.14. The van der Waals surface area contributed by atoms with E-state index in [0.29, 0.717) is 11.7 Å². The zero-order valence-corrected chi connectivity index (χ0v) is 10.5. The minimum atomic E-state index is 0.533. The Kier molecular flexibility index (Phi) is 3.24. The Morgan fingerprint density at radius 2 is 2.00 bits per heavy atom. The summed E-state index contributed by atoms with van der Waals surface area (Å²) in [5, 5.41) is 0. The van der Waals surface area contributed by atoms with Gasteiger partial charge in [-0.15, -0.1) is 0 Å². The smallest absolute Gasteiger partial charge is 0.141 e. The molecule has 15 heavy (non-hydrogen) atoms. The number of aryl methyl sites for hydroxylation is 1. The van der Waals surface area contributed by atoms with Crippen LogP contribution in [-0.4, -0.2) is 9.97 Å². The second-order valence-electron chi connectivity index (χ2n) is 4.06. The molecule has 1 aliphatic carbocycles. The van der Waals surface area contributed by atoms with Crippen molar-refractivity contribution in [3.05, 3.63) is 16.0 Å². The maximum absolute atomic E-state index is 5.87. The van der Waals surface area contributed by atoms with E-state index >= 15 is 0 Å². The average molecular weight is 270 g/mol. The topological polar surface area (TPSA) is 51.8 Å². The van der Waals surface area contributed by atoms with E-state index in [9.17, 15) is 0 Å². The number of hydrogen-bond acceptors (Lipinski definition) is 3. The van der Waals surface area contributed by atoms with E-state index in [-0.39, 0.29) is 0 Å². The number of nitrogens with two attached hydrogens (primary N) is 1. The van der Waals surface area contributed by atoms with Crippen LogP contribution >= 0.6 is 15.9 Å². The molecular weight excluding hydrogens is 254 g/mol. The summed E-state index contributed by atoms with van der Waals surface area (Å²) in [5.41, 5.74) is 6.90. The Morgan fingerprint density at radius 3 is 2.60 bits per heavy atom. The summed E-state index contributed by atoms with van der Waals surface area (Å²) in [6.45, 7) is 2.09. The molecule has 1 aromatic rings. The van der Waals surface area contributed by atoms with Gasteiger partial charge in [-0.2, -0.15) is 0 Å². The number of nitrogens with zero attached hydrogens (tertiary/aromatic N) is 2. The van der Waals surface area contributed by atoms with Crippen molar-refractivity contribution in [3.8, 4) is 0 Å². The fourth-order valence-corrected chi connectivity index (χ4v) is 2.59. The first kappa shape index (κ1) is 10.9. The first-order valence-corrected chi connectivity index (χ1v) is 6.33.